The number of rotatable bonds is 8. The molecule has 2 fully saturated rings. The van der Waals surface area contributed by atoms with Crippen LogP contribution in [0, 0.1) is 0 Å². The average molecular weight is 587 g/mol. The summed E-state index contributed by atoms with van der Waals surface area (Å²) in [6, 6.07) is 4.01. The number of nitrogens with zero attached hydrogens (tertiary/aromatic N) is 5. The third kappa shape index (κ3) is 5.92. The fourth-order valence-electron chi connectivity index (χ4n) is 4.93. The van der Waals surface area contributed by atoms with Crippen molar-refractivity contribution in [2.45, 2.75) is 75.6 Å². The molecule has 0 spiro atoms. The summed E-state index contributed by atoms with van der Waals surface area (Å²) in [5.41, 5.74) is 7.27. The number of aromatic nitrogens is 4. The minimum absolute atomic E-state index is 0.154. The molecule has 3 heterocycles. The number of carbonyl (C=O) groups is 2. The SMILES string of the molecule is CCSc1c(Cl)ccc(N2CCC(NC(=O)OC(C)(C)C)(C(=O)NC3CC3)C2)c1Cn1cnc2c(N)ncnc21. The minimum atomic E-state index is -1.14. The highest BCUT2D eigenvalue weighted by atomic mass is 35.5. The van der Waals surface area contributed by atoms with Gasteiger partial charge in [0.1, 0.15) is 23.0 Å². The van der Waals surface area contributed by atoms with Crippen LogP contribution in [-0.2, 0) is 16.1 Å². The number of nitrogens with one attached hydrogen (secondary N) is 2. The molecule has 1 atom stereocenters. The van der Waals surface area contributed by atoms with Gasteiger partial charge in [-0.05, 0) is 57.9 Å². The number of alkyl carbamates (subject to hydrolysis) is 1. The monoisotopic (exact) mass is 586 g/mol. The van der Waals surface area contributed by atoms with Crippen molar-refractivity contribution in [3.05, 3.63) is 35.4 Å². The van der Waals surface area contributed by atoms with Crippen LogP contribution in [-0.4, -0.2) is 67.5 Å². The van der Waals surface area contributed by atoms with E-state index in [2.05, 4.69) is 37.4 Å². The van der Waals surface area contributed by atoms with Gasteiger partial charge >= 0.3 is 6.09 Å². The summed E-state index contributed by atoms with van der Waals surface area (Å²) in [4.78, 5) is 42.4. The first-order chi connectivity index (χ1) is 19.0. The molecule has 13 heteroatoms. The van der Waals surface area contributed by atoms with Gasteiger partial charge < -0.3 is 30.6 Å². The van der Waals surface area contributed by atoms with Gasteiger partial charge in [-0.3, -0.25) is 4.79 Å². The van der Waals surface area contributed by atoms with Crippen LogP contribution in [0.25, 0.3) is 11.2 Å². The Labute approximate surface area is 242 Å². The van der Waals surface area contributed by atoms with Gasteiger partial charge in [-0.25, -0.2) is 19.7 Å². The average Bonchev–Trinajstić information content (AvgIpc) is 3.43. The number of nitrogens with two attached hydrogens (primary N) is 1. The molecule has 0 bridgehead atoms. The lowest BCUT2D eigenvalue weighted by molar-refractivity contribution is -0.127. The topological polar surface area (TPSA) is 140 Å². The van der Waals surface area contributed by atoms with E-state index in [1.807, 2.05) is 16.7 Å². The van der Waals surface area contributed by atoms with Gasteiger partial charge in [-0.2, -0.15) is 0 Å². The number of benzene rings is 1. The number of nitrogen functional groups attached to an aromatic ring is 1. The Morgan fingerprint density at radius 2 is 2.02 bits per heavy atom. The molecule has 2 aliphatic rings. The van der Waals surface area contributed by atoms with E-state index in [0.717, 1.165) is 34.7 Å². The van der Waals surface area contributed by atoms with E-state index >= 15 is 0 Å². The molecule has 1 saturated carbocycles. The first-order valence-electron chi connectivity index (χ1n) is 13.4. The summed E-state index contributed by atoms with van der Waals surface area (Å²) < 4.78 is 7.47. The van der Waals surface area contributed by atoms with E-state index in [1.165, 1.54) is 6.33 Å². The molecule has 2 amide bonds. The van der Waals surface area contributed by atoms with Gasteiger partial charge in [-0.15, -0.1) is 11.8 Å². The normalized spacial score (nSPS) is 19.2. The zero-order valence-corrected chi connectivity index (χ0v) is 24.7. The van der Waals surface area contributed by atoms with Crippen molar-refractivity contribution in [1.82, 2.24) is 30.2 Å². The number of carbonyl (C=O) groups excluding carboxylic acids is 2. The number of halogens is 1. The van der Waals surface area contributed by atoms with Crippen molar-refractivity contribution in [2.75, 3.05) is 29.5 Å². The summed E-state index contributed by atoms with van der Waals surface area (Å²) >= 11 is 8.38. The second-order valence-corrected chi connectivity index (χ2v) is 12.9. The number of fused-ring (bicyclic) bond motifs is 1. The van der Waals surface area contributed by atoms with Crippen LogP contribution in [0.15, 0.2) is 29.7 Å². The molecule has 4 N–H and O–H groups in total. The Kier molecular flexibility index (Phi) is 7.75. The van der Waals surface area contributed by atoms with Crippen LogP contribution in [0.4, 0.5) is 16.3 Å². The van der Waals surface area contributed by atoms with Crippen molar-refractivity contribution in [3.63, 3.8) is 0 Å². The molecule has 1 unspecified atom stereocenters. The Hall–Kier alpha value is -3.25. The van der Waals surface area contributed by atoms with Crippen molar-refractivity contribution < 1.29 is 14.3 Å². The van der Waals surface area contributed by atoms with Crippen LogP contribution in [0.1, 0.15) is 52.5 Å². The van der Waals surface area contributed by atoms with Gasteiger partial charge in [0.2, 0.25) is 5.91 Å². The van der Waals surface area contributed by atoms with Gasteiger partial charge in [-0.1, -0.05) is 18.5 Å². The van der Waals surface area contributed by atoms with Crippen molar-refractivity contribution in [2.24, 2.45) is 0 Å². The zero-order chi connectivity index (χ0) is 28.7. The van der Waals surface area contributed by atoms with E-state index in [4.69, 9.17) is 22.1 Å². The number of hydrogen-bond donors (Lipinski definition) is 3. The van der Waals surface area contributed by atoms with Crippen LogP contribution < -0.4 is 21.3 Å². The van der Waals surface area contributed by atoms with E-state index < -0.39 is 17.2 Å². The third-order valence-corrected chi connectivity index (χ3v) is 8.40. The van der Waals surface area contributed by atoms with E-state index in [1.54, 1.807) is 38.9 Å². The second-order valence-electron chi connectivity index (χ2n) is 11.2. The van der Waals surface area contributed by atoms with Crippen molar-refractivity contribution >= 4 is 58.0 Å². The molecule has 5 rings (SSSR count). The smallest absolute Gasteiger partial charge is 0.408 e. The van der Waals surface area contributed by atoms with E-state index in [9.17, 15) is 9.59 Å². The molecule has 214 valence electrons. The summed E-state index contributed by atoms with van der Waals surface area (Å²) in [6.45, 7) is 8.75. The molecule has 3 aromatic rings. The van der Waals surface area contributed by atoms with Crippen LogP contribution >= 0.6 is 23.4 Å². The number of hydrogen-bond acceptors (Lipinski definition) is 9. The standard InChI is InChI=1S/C27H35ClN8O3S/c1-5-40-21-17(12-36-15-32-20-22(29)30-14-31-23(20)36)19(9-8-18(21)28)35-11-10-27(13-35,24(37)33-16-6-7-16)34-25(38)39-26(2,3)4/h8-9,14-16H,5-7,10-13H2,1-4H3,(H,33,37)(H,34,38)(H2,29,30,31). The number of amides is 2. The number of imidazole rings is 1. The second kappa shape index (κ2) is 11.0. The first kappa shape index (κ1) is 28.3. The minimum Gasteiger partial charge on any atom is -0.444 e. The number of anilines is 2. The molecule has 40 heavy (non-hydrogen) atoms. The van der Waals surface area contributed by atoms with Gasteiger partial charge in [0, 0.05) is 28.7 Å². The van der Waals surface area contributed by atoms with E-state index in [0.29, 0.717) is 41.5 Å². The highest BCUT2D eigenvalue weighted by molar-refractivity contribution is 7.99. The summed E-state index contributed by atoms with van der Waals surface area (Å²) in [7, 11) is 0. The maximum Gasteiger partial charge on any atom is 0.408 e. The van der Waals surface area contributed by atoms with Crippen LogP contribution in [0.2, 0.25) is 5.02 Å². The van der Waals surface area contributed by atoms with Crippen LogP contribution in [0.3, 0.4) is 0 Å². The summed E-state index contributed by atoms with van der Waals surface area (Å²) in [6.07, 6.45) is 4.84. The predicted molar refractivity (Wildman–Crippen MR) is 157 cm³/mol. The Morgan fingerprint density at radius 3 is 2.73 bits per heavy atom. The van der Waals surface area contributed by atoms with Gasteiger partial charge in [0.05, 0.1) is 24.4 Å². The molecule has 1 saturated heterocycles. The van der Waals surface area contributed by atoms with Crippen molar-refractivity contribution in [1.29, 1.82) is 0 Å². The molecule has 11 nitrogen and oxygen atoms in total. The predicted octanol–water partition coefficient (Wildman–Crippen LogP) is 3.97. The van der Waals surface area contributed by atoms with Crippen LogP contribution in [0.5, 0.6) is 0 Å². The quantitative estimate of drug-likeness (QED) is 0.334. The molecule has 2 aromatic heterocycles. The lowest BCUT2D eigenvalue weighted by Gasteiger charge is -2.32. The third-order valence-electron chi connectivity index (χ3n) is 6.93. The molecular weight excluding hydrogens is 552 g/mol. The Bertz CT molecular complexity index is 1440. The molecule has 1 aliphatic heterocycles. The lowest BCUT2D eigenvalue weighted by Crippen LogP contribution is -2.61. The molecule has 1 aliphatic carbocycles. The summed E-state index contributed by atoms with van der Waals surface area (Å²) in [5.74, 6) is 0.955. The number of thioether (sulfide) groups is 1. The molecule has 1 aromatic carbocycles. The zero-order valence-electron chi connectivity index (χ0n) is 23.2. The molecular formula is C27H35ClN8O3S. The van der Waals surface area contributed by atoms with Crippen molar-refractivity contribution in [3.8, 4) is 0 Å². The summed E-state index contributed by atoms with van der Waals surface area (Å²) in [5, 5.41) is 6.68. The maximum atomic E-state index is 13.6. The van der Waals surface area contributed by atoms with E-state index in [-0.39, 0.29) is 18.5 Å². The van der Waals surface area contributed by atoms with Gasteiger partial charge in [0.25, 0.3) is 0 Å². The highest BCUT2D eigenvalue weighted by Gasteiger charge is 2.48. The lowest BCUT2D eigenvalue weighted by atomic mass is 9.97. The highest BCUT2D eigenvalue weighted by Crippen LogP contribution is 2.40. The largest absolute Gasteiger partial charge is 0.444 e. The Morgan fingerprint density at radius 1 is 1.25 bits per heavy atom. The fraction of sp³-hybridized carbons (Fsp3) is 0.519. The number of ether oxygens (including phenoxy) is 1. The fourth-order valence-corrected chi connectivity index (χ4v) is 6.11. The maximum absolute atomic E-state index is 13.6. The Balaban J connectivity index is 1.50. The first-order valence-corrected chi connectivity index (χ1v) is 14.8. The van der Waals surface area contributed by atoms with Gasteiger partial charge in [0.15, 0.2) is 11.5 Å². The molecule has 0 radical (unpaired) electrons.